The molecule has 1 heteroatoms. The highest BCUT2D eigenvalue weighted by atomic mass is 14.9. The van der Waals surface area contributed by atoms with Crippen LogP contribution in [-0.4, -0.2) is 12.6 Å². The van der Waals surface area contributed by atoms with E-state index in [0.717, 1.165) is 12.0 Å². The van der Waals surface area contributed by atoms with Crippen LogP contribution >= 0.6 is 0 Å². The van der Waals surface area contributed by atoms with Gasteiger partial charge >= 0.3 is 0 Å². The number of hydrogen-bond donors (Lipinski definition) is 1. The van der Waals surface area contributed by atoms with E-state index in [4.69, 9.17) is 0 Å². The molecule has 2 unspecified atom stereocenters. The lowest BCUT2D eigenvalue weighted by molar-refractivity contribution is 0.435. The largest absolute Gasteiger partial charge is 0.314 e. The van der Waals surface area contributed by atoms with Crippen molar-refractivity contribution in [1.82, 2.24) is 5.32 Å². The van der Waals surface area contributed by atoms with E-state index >= 15 is 0 Å². The number of unbranched alkanes of at least 4 members (excludes halogenated alkanes) is 1. The fourth-order valence-electron chi connectivity index (χ4n) is 2.62. The predicted octanol–water partition coefficient (Wildman–Crippen LogP) is 3.40. The predicted molar refractivity (Wildman–Crippen MR) is 69.6 cm³/mol. The number of rotatable bonds is 5. The molecule has 0 aliphatic carbocycles. The van der Waals surface area contributed by atoms with Crippen LogP contribution in [0.15, 0.2) is 30.3 Å². The van der Waals surface area contributed by atoms with Crippen LogP contribution in [0.4, 0.5) is 0 Å². The zero-order valence-corrected chi connectivity index (χ0v) is 10.3. The van der Waals surface area contributed by atoms with Crippen molar-refractivity contribution in [3.63, 3.8) is 0 Å². The average molecular weight is 217 g/mol. The molecule has 2 atom stereocenters. The molecule has 0 spiro atoms. The molecule has 1 heterocycles. The van der Waals surface area contributed by atoms with Gasteiger partial charge in [-0.05, 0) is 43.7 Å². The van der Waals surface area contributed by atoms with Gasteiger partial charge in [-0.2, -0.15) is 0 Å². The molecule has 0 aromatic heterocycles. The van der Waals surface area contributed by atoms with Crippen LogP contribution in [0.2, 0.25) is 0 Å². The molecule has 1 aromatic carbocycles. The zero-order chi connectivity index (χ0) is 11.2. The molecule has 1 nitrogen and oxygen atoms in total. The first-order chi connectivity index (χ1) is 7.86. The lowest BCUT2D eigenvalue weighted by Gasteiger charge is -2.14. The topological polar surface area (TPSA) is 12.0 Å². The molecule has 1 N–H and O–H groups in total. The van der Waals surface area contributed by atoms with Gasteiger partial charge in [0.25, 0.3) is 0 Å². The Hall–Kier alpha value is -0.820. The summed E-state index contributed by atoms with van der Waals surface area (Å²) < 4.78 is 0. The van der Waals surface area contributed by atoms with Crippen LogP contribution in [0, 0.1) is 5.92 Å². The third-order valence-corrected chi connectivity index (χ3v) is 3.77. The van der Waals surface area contributed by atoms with Crippen LogP contribution in [0.1, 0.15) is 38.2 Å². The van der Waals surface area contributed by atoms with Crippen molar-refractivity contribution in [2.45, 2.75) is 45.1 Å². The summed E-state index contributed by atoms with van der Waals surface area (Å²) in [6.45, 7) is 3.60. The fourth-order valence-corrected chi connectivity index (χ4v) is 2.62. The second kappa shape index (κ2) is 6.05. The molecular weight excluding hydrogens is 194 g/mol. The van der Waals surface area contributed by atoms with E-state index in [9.17, 15) is 0 Å². The van der Waals surface area contributed by atoms with Crippen LogP contribution in [0.25, 0.3) is 0 Å². The monoisotopic (exact) mass is 217 g/mol. The highest BCUT2D eigenvalue weighted by Crippen LogP contribution is 2.19. The van der Waals surface area contributed by atoms with E-state index in [0.29, 0.717) is 0 Å². The van der Waals surface area contributed by atoms with Gasteiger partial charge in [-0.3, -0.25) is 0 Å². The van der Waals surface area contributed by atoms with Gasteiger partial charge in [0, 0.05) is 6.04 Å². The maximum Gasteiger partial charge on any atom is 0.00931 e. The molecule has 1 saturated heterocycles. The number of benzene rings is 1. The van der Waals surface area contributed by atoms with E-state index in [-0.39, 0.29) is 0 Å². The Balaban J connectivity index is 1.62. The molecular formula is C15H23N. The lowest BCUT2D eigenvalue weighted by Crippen LogP contribution is -2.25. The zero-order valence-electron chi connectivity index (χ0n) is 10.3. The third-order valence-electron chi connectivity index (χ3n) is 3.77. The van der Waals surface area contributed by atoms with Crippen LogP contribution < -0.4 is 5.32 Å². The van der Waals surface area contributed by atoms with Gasteiger partial charge in [-0.15, -0.1) is 0 Å². The van der Waals surface area contributed by atoms with E-state index < -0.39 is 0 Å². The van der Waals surface area contributed by atoms with Crippen LogP contribution in [-0.2, 0) is 6.42 Å². The van der Waals surface area contributed by atoms with E-state index in [1.165, 1.54) is 44.2 Å². The Bertz CT molecular complexity index is 294. The molecule has 0 radical (unpaired) electrons. The Kier molecular flexibility index (Phi) is 4.41. The maximum absolute atomic E-state index is 3.61. The second-order valence-electron chi connectivity index (χ2n) is 5.06. The van der Waals surface area contributed by atoms with Gasteiger partial charge < -0.3 is 5.32 Å². The van der Waals surface area contributed by atoms with E-state index in [1.807, 2.05) is 0 Å². The van der Waals surface area contributed by atoms with Crippen molar-refractivity contribution < 1.29 is 0 Å². The van der Waals surface area contributed by atoms with Crippen molar-refractivity contribution in [2.24, 2.45) is 5.92 Å². The molecule has 2 rings (SSSR count). The van der Waals surface area contributed by atoms with Crippen molar-refractivity contribution in [3.8, 4) is 0 Å². The molecule has 16 heavy (non-hydrogen) atoms. The number of aryl methyl sites for hydroxylation is 1. The van der Waals surface area contributed by atoms with Crippen LogP contribution in [0.3, 0.4) is 0 Å². The minimum Gasteiger partial charge on any atom is -0.314 e. The summed E-state index contributed by atoms with van der Waals surface area (Å²) in [4.78, 5) is 0. The summed E-state index contributed by atoms with van der Waals surface area (Å²) >= 11 is 0. The van der Waals surface area contributed by atoms with Gasteiger partial charge in [0.15, 0.2) is 0 Å². The molecule has 1 aliphatic rings. The standard InChI is InChI=1S/C15H23N/c1-13-11-12-16-15(13)10-6-5-9-14-7-3-2-4-8-14/h2-4,7-8,13,15-16H,5-6,9-12H2,1H3. The SMILES string of the molecule is CC1CCNC1CCCCc1ccccc1. The van der Waals surface area contributed by atoms with Crippen molar-refractivity contribution >= 4 is 0 Å². The number of hydrogen-bond acceptors (Lipinski definition) is 1. The maximum atomic E-state index is 3.61. The minimum atomic E-state index is 0.788. The molecule has 0 bridgehead atoms. The minimum absolute atomic E-state index is 0.788. The summed E-state index contributed by atoms with van der Waals surface area (Å²) in [6, 6.07) is 11.6. The molecule has 1 fully saturated rings. The Morgan fingerprint density at radius 3 is 2.69 bits per heavy atom. The fraction of sp³-hybridized carbons (Fsp3) is 0.600. The van der Waals surface area contributed by atoms with Gasteiger partial charge in [-0.25, -0.2) is 0 Å². The quantitative estimate of drug-likeness (QED) is 0.745. The van der Waals surface area contributed by atoms with Crippen molar-refractivity contribution in [3.05, 3.63) is 35.9 Å². The van der Waals surface area contributed by atoms with E-state index in [1.54, 1.807) is 0 Å². The summed E-state index contributed by atoms with van der Waals surface area (Å²) in [7, 11) is 0. The molecule has 1 aromatic rings. The highest BCUT2D eigenvalue weighted by Gasteiger charge is 2.21. The molecule has 0 saturated carbocycles. The summed E-state index contributed by atoms with van der Waals surface area (Å²) in [5.74, 6) is 0.886. The first-order valence-corrected chi connectivity index (χ1v) is 6.63. The molecule has 88 valence electrons. The molecule has 1 aliphatic heterocycles. The highest BCUT2D eigenvalue weighted by molar-refractivity contribution is 5.14. The summed E-state index contributed by atoms with van der Waals surface area (Å²) in [5.41, 5.74) is 1.48. The van der Waals surface area contributed by atoms with Gasteiger partial charge in [0.1, 0.15) is 0 Å². The summed E-state index contributed by atoms with van der Waals surface area (Å²) in [5, 5.41) is 3.61. The Morgan fingerprint density at radius 2 is 2.00 bits per heavy atom. The first kappa shape index (κ1) is 11.7. The molecule has 0 amide bonds. The Labute approximate surface area is 99.3 Å². The number of nitrogens with one attached hydrogen (secondary N) is 1. The second-order valence-corrected chi connectivity index (χ2v) is 5.06. The Morgan fingerprint density at radius 1 is 1.19 bits per heavy atom. The smallest absolute Gasteiger partial charge is 0.00931 e. The van der Waals surface area contributed by atoms with Crippen LogP contribution in [0.5, 0.6) is 0 Å². The summed E-state index contributed by atoms with van der Waals surface area (Å²) in [6.07, 6.45) is 6.64. The van der Waals surface area contributed by atoms with Gasteiger partial charge in [0.2, 0.25) is 0 Å². The normalized spacial score (nSPS) is 24.8. The lowest BCUT2D eigenvalue weighted by atomic mass is 9.97. The average Bonchev–Trinajstić information content (AvgIpc) is 2.72. The van der Waals surface area contributed by atoms with E-state index in [2.05, 4.69) is 42.6 Å². The third kappa shape index (κ3) is 3.34. The van der Waals surface area contributed by atoms with Crippen molar-refractivity contribution in [2.75, 3.05) is 6.54 Å². The van der Waals surface area contributed by atoms with Crippen molar-refractivity contribution in [1.29, 1.82) is 0 Å². The van der Waals surface area contributed by atoms with Gasteiger partial charge in [-0.1, -0.05) is 43.7 Å². The van der Waals surface area contributed by atoms with Gasteiger partial charge in [0.05, 0.1) is 0 Å². The first-order valence-electron chi connectivity index (χ1n) is 6.63.